The first-order chi connectivity index (χ1) is 8.58. The quantitative estimate of drug-likeness (QED) is 0.654. The topological polar surface area (TPSA) is 84.6 Å². The second-order valence-electron chi connectivity index (χ2n) is 5.88. The molecule has 4 N–H and O–H groups in total. The van der Waals surface area contributed by atoms with Gasteiger partial charge in [0.25, 0.3) is 0 Å². The molecule has 2 aliphatic rings. The van der Waals surface area contributed by atoms with Crippen molar-refractivity contribution < 1.29 is 14.6 Å². The van der Waals surface area contributed by atoms with Crippen molar-refractivity contribution in [3.8, 4) is 0 Å². The Bertz CT molecular complexity index is 311. The Balaban J connectivity index is 1.84. The van der Waals surface area contributed by atoms with Crippen LogP contribution in [0.2, 0.25) is 0 Å². The van der Waals surface area contributed by atoms with Gasteiger partial charge in [-0.3, -0.25) is 4.79 Å². The summed E-state index contributed by atoms with van der Waals surface area (Å²) in [5.41, 5.74) is 5.32. The van der Waals surface area contributed by atoms with Crippen LogP contribution >= 0.6 is 0 Å². The van der Waals surface area contributed by atoms with Crippen LogP contribution in [0.15, 0.2) is 0 Å². The van der Waals surface area contributed by atoms with Gasteiger partial charge in [0, 0.05) is 19.2 Å². The summed E-state index contributed by atoms with van der Waals surface area (Å²) in [6.07, 6.45) is 3.30. The molecule has 0 aromatic rings. The van der Waals surface area contributed by atoms with Gasteiger partial charge in [-0.05, 0) is 31.6 Å². The number of aliphatic hydroxyl groups excluding tert-OH is 1. The molecule has 1 saturated carbocycles. The molecule has 2 rings (SSSR count). The van der Waals surface area contributed by atoms with Crippen LogP contribution in [0.3, 0.4) is 0 Å². The summed E-state index contributed by atoms with van der Waals surface area (Å²) in [7, 11) is 0. The Hall–Kier alpha value is -0.650. The van der Waals surface area contributed by atoms with Gasteiger partial charge in [-0.1, -0.05) is 6.42 Å². The Morgan fingerprint density at radius 1 is 1.50 bits per heavy atom. The number of nitrogens with one attached hydrogen (secondary N) is 1. The van der Waals surface area contributed by atoms with Crippen LogP contribution in [0.5, 0.6) is 0 Å². The molecule has 0 radical (unpaired) electrons. The van der Waals surface area contributed by atoms with Gasteiger partial charge in [0.15, 0.2) is 0 Å². The number of hydrogen-bond acceptors (Lipinski definition) is 4. The molecule has 0 spiro atoms. The van der Waals surface area contributed by atoms with E-state index < -0.39 is 5.41 Å². The maximum absolute atomic E-state index is 12.2. The zero-order valence-corrected chi connectivity index (χ0v) is 11.0. The maximum Gasteiger partial charge on any atom is 0.229 e. The molecule has 104 valence electrons. The number of carbonyl (C=O) groups is 1. The van der Waals surface area contributed by atoms with Gasteiger partial charge in [-0.25, -0.2) is 0 Å². The first-order valence-corrected chi connectivity index (χ1v) is 6.80. The molecule has 1 heterocycles. The summed E-state index contributed by atoms with van der Waals surface area (Å²) >= 11 is 0. The highest BCUT2D eigenvalue weighted by Gasteiger charge is 2.44. The van der Waals surface area contributed by atoms with Crippen LogP contribution in [0, 0.1) is 17.3 Å². The Morgan fingerprint density at radius 2 is 2.22 bits per heavy atom. The van der Waals surface area contributed by atoms with Gasteiger partial charge in [0.1, 0.15) is 0 Å². The number of carbonyl (C=O) groups excluding carboxylic acids is 1. The Kier molecular flexibility index (Phi) is 4.25. The van der Waals surface area contributed by atoms with Crippen molar-refractivity contribution in [2.24, 2.45) is 23.0 Å². The van der Waals surface area contributed by atoms with Crippen molar-refractivity contribution in [1.82, 2.24) is 5.32 Å². The van der Waals surface area contributed by atoms with E-state index in [-0.39, 0.29) is 18.6 Å². The average Bonchev–Trinajstić information content (AvgIpc) is 2.94. The summed E-state index contributed by atoms with van der Waals surface area (Å²) in [4.78, 5) is 12.2. The molecule has 0 bridgehead atoms. The van der Waals surface area contributed by atoms with Crippen molar-refractivity contribution in [3.05, 3.63) is 0 Å². The van der Waals surface area contributed by atoms with E-state index >= 15 is 0 Å². The van der Waals surface area contributed by atoms with E-state index in [0.717, 1.165) is 19.3 Å². The Morgan fingerprint density at radius 3 is 2.83 bits per heavy atom. The van der Waals surface area contributed by atoms with Crippen LogP contribution in [-0.2, 0) is 9.53 Å². The molecule has 2 fully saturated rings. The lowest BCUT2D eigenvalue weighted by Gasteiger charge is -2.27. The number of hydrogen-bond donors (Lipinski definition) is 3. The van der Waals surface area contributed by atoms with Gasteiger partial charge in [-0.2, -0.15) is 0 Å². The van der Waals surface area contributed by atoms with Crippen LogP contribution in [0.25, 0.3) is 0 Å². The molecule has 0 aromatic heterocycles. The molecule has 1 saturated heterocycles. The predicted molar refractivity (Wildman–Crippen MR) is 67.8 cm³/mol. The number of aliphatic hydroxyl groups is 1. The number of nitrogens with two attached hydrogens (primary N) is 1. The number of ether oxygens (including phenoxy) is 1. The highest BCUT2D eigenvalue weighted by Crippen LogP contribution is 2.31. The summed E-state index contributed by atoms with van der Waals surface area (Å²) in [5.74, 6) is 0.726. The second kappa shape index (κ2) is 5.55. The minimum absolute atomic E-state index is 0.0175. The lowest BCUT2D eigenvalue weighted by Crippen LogP contribution is -2.51. The molecule has 1 amide bonds. The first-order valence-electron chi connectivity index (χ1n) is 6.80. The smallest absolute Gasteiger partial charge is 0.229 e. The molecular weight excluding hydrogens is 232 g/mol. The molecule has 1 aliphatic heterocycles. The van der Waals surface area contributed by atoms with E-state index in [1.165, 1.54) is 0 Å². The standard InChI is InChI=1S/C13H24N2O3/c1-13(8-18-7-11(13)14)12(17)15-5-9-3-2-4-10(9)6-16/h9-11,16H,2-8,14H2,1H3,(H,15,17). The van der Waals surface area contributed by atoms with Gasteiger partial charge in [-0.15, -0.1) is 0 Å². The van der Waals surface area contributed by atoms with Crippen molar-refractivity contribution in [1.29, 1.82) is 0 Å². The highest BCUT2D eigenvalue weighted by atomic mass is 16.5. The summed E-state index contributed by atoms with van der Waals surface area (Å²) < 4.78 is 5.28. The minimum atomic E-state index is -0.604. The van der Waals surface area contributed by atoms with E-state index in [9.17, 15) is 9.90 Å². The summed E-state index contributed by atoms with van der Waals surface area (Å²) in [6.45, 7) is 3.58. The zero-order chi connectivity index (χ0) is 13.2. The molecule has 1 aliphatic carbocycles. The van der Waals surface area contributed by atoms with Crippen LogP contribution in [-0.4, -0.2) is 43.4 Å². The van der Waals surface area contributed by atoms with Gasteiger partial charge < -0.3 is 20.9 Å². The fourth-order valence-electron chi connectivity index (χ4n) is 2.97. The van der Waals surface area contributed by atoms with Crippen molar-refractivity contribution >= 4 is 5.91 Å². The minimum Gasteiger partial charge on any atom is -0.396 e. The van der Waals surface area contributed by atoms with E-state index in [1.54, 1.807) is 0 Å². The fraction of sp³-hybridized carbons (Fsp3) is 0.923. The van der Waals surface area contributed by atoms with E-state index in [2.05, 4.69) is 5.32 Å². The second-order valence-corrected chi connectivity index (χ2v) is 5.88. The first kappa shape index (κ1) is 13.8. The molecule has 4 unspecified atom stereocenters. The molecule has 5 nitrogen and oxygen atoms in total. The van der Waals surface area contributed by atoms with Gasteiger partial charge in [0.05, 0.1) is 18.6 Å². The van der Waals surface area contributed by atoms with Crippen molar-refractivity contribution in [3.63, 3.8) is 0 Å². The predicted octanol–water partition coefficient (Wildman–Crippen LogP) is -0.125. The van der Waals surface area contributed by atoms with E-state index in [0.29, 0.717) is 31.6 Å². The van der Waals surface area contributed by atoms with Crippen molar-refractivity contribution in [2.75, 3.05) is 26.4 Å². The molecule has 0 aromatic carbocycles. The summed E-state index contributed by atoms with van der Waals surface area (Å²) in [6, 6.07) is -0.227. The van der Waals surface area contributed by atoms with Gasteiger partial charge >= 0.3 is 0 Å². The zero-order valence-electron chi connectivity index (χ0n) is 11.0. The normalized spacial score (nSPS) is 40.1. The third-order valence-corrected chi connectivity index (χ3v) is 4.61. The number of amides is 1. The van der Waals surface area contributed by atoms with E-state index in [4.69, 9.17) is 10.5 Å². The lowest BCUT2D eigenvalue weighted by atomic mass is 9.84. The molecular formula is C13H24N2O3. The third-order valence-electron chi connectivity index (χ3n) is 4.61. The van der Waals surface area contributed by atoms with Gasteiger partial charge in [0.2, 0.25) is 5.91 Å². The summed E-state index contributed by atoms with van der Waals surface area (Å²) in [5, 5.41) is 12.2. The fourth-order valence-corrected chi connectivity index (χ4v) is 2.97. The van der Waals surface area contributed by atoms with Crippen LogP contribution in [0.4, 0.5) is 0 Å². The lowest BCUT2D eigenvalue weighted by molar-refractivity contribution is -0.130. The largest absolute Gasteiger partial charge is 0.396 e. The average molecular weight is 256 g/mol. The third kappa shape index (κ3) is 2.53. The van der Waals surface area contributed by atoms with Crippen LogP contribution in [0.1, 0.15) is 26.2 Å². The SMILES string of the molecule is CC1(C(=O)NCC2CCCC2CO)COCC1N. The highest BCUT2D eigenvalue weighted by molar-refractivity contribution is 5.83. The molecule has 5 heteroatoms. The van der Waals surface area contributed by atoms with Crippen molar-refractivity contribution in [2.45, 2.75) is 32.2 Å². The maximum atomic E-state index is 12.2. The number of rotatable bonds is 4. The molecule has 18 heavy (non-hydrogen) atoms. The molecule has 4 atom stereocenters. The van der Waals surface area contributed by atoms with Crippen LogP contribution < -0.4 is 11.1 Å². The Labute approximate surface area is 108 Å². The monoisotopic (exact) mass is 256 g/mol. The van der Waals surface area contributed by atoms with E-state index in [1.807, 2.05) is 6.92 Å².